The zero-order valence-electron chi connectivity index (χ0n) is 7.41. The van der Waals surface area contributed by atoms with Crippen molar-refractivity contribution in [2.24, 2.45) is 5.92 Å². The number of hydrogen-bond acceptors (Lipinski definition) is 3. The van der Waals surface area contributed by atoms with E-state index in [1.54, 1.807) is 0 Å². The van der Waals surface area contributed by atoms with Crippen LogP contribution in [0.1, 0.15) is 39.0 Å². The van der Waals surface area contributed by atoms with E-state index in [0.29, 0.717) is 6.42 Å². The Kier molecular flexibility index (Phi) is 6.34. The van der Waals surface area contributed by atoms with Gasteiger partial charge in [0.2, 0.25) is 0 Å². The lowest BCUT2D eigenvalue weighted by Crippen LogP contribution is -2.21. The lowest BCUT2D eigenvalue weighted by molar-refractivity contribution is -0.305. The molecule has 0 aliphatic heterocycles. The Hall–Kier alpha value is -0.860. The fourth-order valence-corrected chi connectivity index (χ4v) is 0.980. The van der Waals surface area contributed by atoms with Crippen molar-refractivity contribution in [3.63, 3.8) is 0 Å². The number of hydrogen-bond donors (Lipinski definition) is 0. The van der Waals surface area contributed by atoms with Crippen LogP contribution in [-0.2, 0) is 9.59 Å². The number of carboxylic acid groups (broad SMARTS) is 1. The highest BCUT2D eigenvalue weighted by atomic mass is 16.4. The van der Waals surface area contributed by atoms with Crippen molar-refractivity contribution in [2.75, 3.05) is 0 Å². The Bertz CT molecular complexity index is 143. The summed E-state index contributed by atoms with van der Waals surface area (Å²) in [5.74, 6) is -0.883. The van der Waals surface area contributed by atoms with Crippen LogP contribution < -0.4 is 5.11 Å². The molecule has 0 heterocycles. The monoisotopic (exact) mass is 171 g/mol. The molecule has 0 aliphatic rings. The second-order valence-corrected chi connectivity index (χ2v) is 3.08. The van der Waals surface area contributed by atoms with Crippen LogP contribution >= 0.6 is 0 Å². The highest BCUT2D eigenvalue weighted by Gasteiger charge is 1.98. The van der Waals surface area contributed by atoms with Gasteiger partial charge < -0.3 is 14.7 Å². The summed E-state index contributed by atoms with van der Waals surface area (Å²) >= 11 is 0. The standard InChI is InChI=1S/C9H16O3/c1-8(7-10)5-3-2-4-6-9(11)12/h7-8H,2-6H2,1H3,(H,11,12)/p-1. The molecule has 0 radical (unpaired) electrons. The van der Waals surface area contributed by atoms with Gasteiger partial charge in [-0.05, 0) is 19.3 Å². The molecule has 0 bridgehead atoms. The lowest BCUT2D eigenvalue weighted by atomic mass is 10.0. The first-order valence-electron chi connectivity index (χ1n) is 4.32. The zero-order valence-corrected chi connectivity index (χ0v) is 7.41. The zero-order chi connectivity index (χ0) is 9.40. The molecule has 0 aromatic heterocycles. The number of aldehydes is 1. The van der Waals surface area contributed by atoms with Crippen molar-refractivity contribution in [1.29, 1.82) is 0 Å². The molecule has 0 N–H and O–H groups in total. The summed E-state index contributed by atoms with van der Waals surface area (Å²) < 4.78 is 0. The van der Waals surface area contributed by atoms with Crippen molar-refractivity contribution >= 4 is 12.3 Å². The molecule has 70 valence electrons. The second-order valence-electron chi connectivity index (χ2n) is 3.08. The van der Waals surface area contributed by atoms with Gasteiger partial charge >= 0.3 is 0 Å². The number of aliphatic carboxylic acids is 1. The molecule has 0 aromatic rings. The summed E-state index contributed by atoms with van der Waals surface area (Å²) in [6.07, 6.45) is 4.37. The molecule has 0 rings (SSSR count). The number of rotatable bonds is 7. The van der Waals surface area contributed by atoms with E-state index in [1.807, 2.05) is 6.92 Å². The quantitative estimate of drug-likeness (QED) is 0.414. The van der Waals surface area contributed by atoms with Gasteiger partial charge in [0.05, 0.1) is 0 Å². The minimum atomic E-state index is -0.988. The molecule has 0 fully saturated rings. The predicted molar refractivity (Wildman–Crippen MR) is 43.3 cm³/mol. The van der Waals surface area contributed by atoms with E-state index < -0.39 is 5.97 Å². The van der Waals surface area contributed by atoms with Gasteiger partial charge in [-0.25, -0.2) is 0 Å². The summed E-state index contributed by atoms with van der Waals surface area (Å²) in [7, 11) is 0. The number of carboxylic acids is 1. The summed E-state index contributed by atoms with van der Waals surface area (Å²) in [5.41, 5.74) is 0. The normalized spacial score (nSPS) is 12.4. The summed E-state index contributed by atoms with van der Waals surface area (Å²) in [4.78, 5) is 20.2. The molecule has 0 saturated carbocycles. The van der Waals surface area contributed by atoms with Gasteiger partial charge in [0, 0.05) is 11.9 Å². The van der Waals surface area contributed by atoms with Crippen LogP contribution in [0.25, 0.3) is 0 Å². The van der Waals surface area contributed by atoms with Gasteiger partial charge in [-0.1, -0.05) is 19.8 Å². The third-order valence-corrected chi connectivity index (χ3v) is 1.77. The van der Waals surface area contributed by atoms with Crippen molar-refractivity contribution < 1.29 is 14.7 Å². The number of carbonyl (C=O) groups excluding carboxylic acids is 2. The Balaban J connectivity index is 3.10. The van der Waals surface area contributed by atoms with Gasteiger partial charge in [-0.15, -0.1) is 0 Å². The van der Waals surface area contributed by atoms with Crippen molar-refractivity contribution in [3.05, 3.63) is 0 Å². The Morgan fingerprint density at radius 1 is 1.42 bits per heavy atom. The van der Waals surface area contributed by atoms with E-state index in [1.165, 1.54) is 0 Å². The molecule has 1 unspecified atom stereocenters. The summed E-state index contributed by atoms with van der Waals surface area (Å²) in [5, 5.41) is 9.99. The van der Waals surface area contributed by atoms with Gasteiger partial charge in [0.25, 0.3) is 0 Å². The van der Waals surface area contributed by atoms with Crippen LogP contribution in [0.2, 0.25) is 0 Å². The Morgan fingerprint density at radius 3 is 2.58 bits per heavy atom. The highest BCUT2D eigenvalue weighted by molar-refractivity contribution is 5.64. The smallest absolute Gasteiger partial charge is 0.122 e. The minimum Gasteiger partial charge on any atom is -0.550 e. The molecule has 0 aromatic carbocycles. The van der Waals surface area contributed by atoms with Crippen LogP contribution in [-0.4, -0.2) is 12.3 Å². The highest BCUT2D eigenvalue weighted by Crippen LogP contribution is 2.07. The SMILES string of the molecule is CC(C=O)CCCCCC(=O)[O-]. The van der Waals surface area contributed by atoms with E-state index >= 15 is 0 Å². The lowest BCUT2D eigenvalue weighted by Gasteiger charge is -2.03. The fourth-order valence-electron chi connectivity index (χ4n) is 0.980. The van der Waals surface area contributed by atoms with E-state index in [9.17, 15) is 14.7 Å². The van der Waals surface area contributed by atoms with E-state index in [0.717, 1.165) is 25.5 Å². The van der Waals surface area contributed by atoms with Crippen LogP contribution in [0.5, 0.6) is 0 Å². The van der Waals surface area contributed by atoms with Crippen LogP contribution in [0.4, 0.5) is 0 Å². The average molecular weight is 171 g/mol. The van der Waals surface area contributed by atoms with Crippen molar-refractivity contribution in [3.8, 4) is 0 Å². The van der Waals surface area contributed by atoms with Crippen LogP contribution in [0.3, 0.4) is 0 Å². The average Bonchev–Trinajstić information content (AvgIpc) is 2.03. The van der Waals surface area contributed by atoms with Crippen molar-refractivity contribution in [1.82, 2.24) is 0 Å². The molecule has 0 amide bonds. The Morgan fingerprint density at radius 2 is 2.08 bits per heavy atom. The molecular weight excluding hydrogens is 156 g/mol. The van der Waals surface area contributed by atoms with E-state index in [4.69, 9.17) is 0 Å². The first-order chi connectivity index (χ1) is 5.66. The largest absolute Gasteiger partial charge is 0.550 e. The predicted octanol–water partition coefficient (Wildman–Crippen LogP) is 0.522. The van der Waals surface area contributed by atoms with Gasteiger partial charge in [-0.2, -0.15) is 0 Å². The molecule has 1 atom stereocenters. The van der Waals surface area contributed by atoms with Gasteiger partial charge in [0.1, 0.15) is 6.29 Å². The topological polar surface area (TPSA) is 57.2 Å². The van der Waals surface area contributed by atoms with E-state index in [2.05, 4.69) is 0 Å². The van der Waals surface area contributed by atoms with E-state index in [-0.39, 0.29) is 12.3 Å². The summed E-state index contributed by atoms with van der Waals surface area (Å²) in [6.45, 7) is 1.87. The maximum Gasteiger partial charge on any atom is 0.122 e. The molecule has 0 saturated heterocycles. The summed E-state index contributed by atoms with van der Waals surface area (Å²) in [6, 6.07) is 0. The van der Waals surface area contributed by atoms with Crippen LogP contribution in [0, 0.1) is 5.92 Å². The first kappa shape index (κ1) is 11.1. The van der Waals surface area contributed by atoms with Gasteiger partial charge in [-0.3, -0.25) is 0 Å². The first-order valence-corrected chi connectivity index (χ1v) is 4.32. The molecule has 12 heavy (non-hydrogen) atoms. The Labute approximate surface area is 72.8 Å². The third kappa shape index (κ3) is 7.25. The molecule has 0 spiro atoms. The minimum absolute atomic E-state index is 0.105. The van der Waals surface area contributed by atoms with Gasteiger partial charge in [0.15, 0.2) is 0 Å². The second kappa shape index (κ2) is 6.83. The molecule has 3 nitrogen and oxygen atoms in total. The maximum absolute atomic E-state index is 10.2. The number of carbonyl (C=O) groups is 2. The third-order valence-electron chi connectivity index (χ3n) is 1.77. The number of unbranched alkanes of at least 4 members (excludes halogenated alkanes) is 2. The fraction of sp³-hybridized carbons (Fsp3) is 0.778. The van der Waals surface area contributed by atoms with Crippen LogP contribution in [0.15, 0.2) is 0 Å². The van der Waals surface area contributed by atoms with Crippen molar-refractivity contribution in [2.45, 2.75) is 39.0 Å². The molecule has 0 aliphatic carbocycles. The maximum atomic E-state index is 10.2. The molecule has 3 heteroatoms. The molecular formula is C9H15O3-.